The van der Waals surface area contributed by atoms with Crippen molar-refractivity contribution in [3.05, 3.63) is 45.4 Å². The van der Waals surface area contributed by atoms with Gasteiger partial charge in [-0.1, -0.05) is 27.5 Å². The molecule has 0 bridgehead atoms. The zero-order chi connectivity index (χ0) is 20.2. The molecule has 0 saturated heterocycles. The van der Waals surface area contributed by atoms with E-state index in [-0.39, 0.29) is 16.7 Å². The molecular weight excluding hydrogens is 453 g/mol. The Morgan fingerprint density at radius 3 is 2.41 bits per heavy atom. The summed E-state index contributed by atoms with van der Waals surface area (Å²) in [5, 5.41) is 5.55. The average Bonchev–Trinajstić information content (AvgIpc) is 2.61. The summed E-state index contributed by atoms with van der Waals surface area (Å²) >= 11 is 8.86. The Morgan fingerprint density at radius 1 is 1.15 bits per heavy atom. The summed E-state index contributed by atoms with van der Waals surface area (Å²) in [6.45, 7) is -0.257. The van der Waals surface area contributed by atoms with E-state index in [4.69, 9.17) is 21.1 Å². The molecule has 0 aliphatic carbocycles. The van der Waals surface area contributed by atoms with Crippen molar-refractivity contribution < 1.29 is 27.4 Å². The van der Waals surface area contributed by atoms with E-state index in [1.54, 1.807) is 0 Å². The predicted octanol–water partition coefficient (Wildman–Crippen LogP) is 5.19. The third kappa shape index (κ3) is 5.43. The van der Waals surface area contributed by atoms with Crippen LogP contribution in [0.5, 0.6) is 11.5 Å². The van der Waals surface area contributed by atoms with Crippen molar-refractivity contribution in [1.82, 2.24) is 0 Å². The van der Waals surface area contributed by atoms with Gasteiger partial charge in [0.25, 0.3) is 0 Å². The highest BCUT2D eigenvalue weighted by Crippen LogP contribution is 2.37. The molecule has 27 heavy (non-hydrogen) atoms. The first-order valence-corrected chi connectivity index (χ1v) is 8.64. The van der Waals surface area contributed by atoms with Gasteiger partial charge in [0.15, 0.2) is 0 Å². The Labute approximate surface area is 166 Å². The van der Waals surface area contributed by atoms with Gasteiger partial charge >= 0.3 is 6.18 Å². The lowest BCUT2D eigenvalue weighted by atomic mass is 10.2. The quantitative estimate of drug-likeness (QED) is 0.614. The van der Waals surface area contributed by atoms with Gasteiger partial charge < -0.3 is 20.1 Å². The second kappa shape index (κ2) is 8.71. The highest BCUT2D eigenvalue weighted by molar-refractivity contribution is 9.10. The van der Waals surface area contributed by atoms with Gasteiger partial charge in [0, 0.05) is 22.3 Å². The molecule has 0 atom stereocenters. The Morgan fingerprint density at radius 2 is 1.81 bits per heavy atom. The first-order chi connectivity index (χ1) is 12.7. The number of halogens is 5. The number of anilines is 2. The van der Waals surface area contributed by atoms with Gasteiger partial charge in [-0.3, -0.25) is 4.79 Å². The highest BCUT2D eigenvalue weighted by atomic mass is 79.9. The van der Waals surface area contributed by atoms with Crippen molar-refractivity contribution in [2.45, 2.75) is 6.18 Å². The van der Waals surface area contributed by atoms with Gasteiger partial charge in [-0.25, -0.2) is 0 Å². The predicted molar refractivity (Wildman–Crippen MR) is 101 cm³/mol. The van der Waals surface area contributed by atoms with E-state index < -0.39 is 17.6 Å². The fraction of sp³-hybridized carbons (Fsp3) is 0.235. The van der Waals surface area contributed by atoms with Gasteiger partial charge in [0.2, 0.25) is 5.91 Å². The number of alkyl halides is 3. The van der Waals surface area contributed by atoms with Crippen LogP contribution in [0.3, 0.4) is 0 Å². The minimum atomic E-state index is -4.51. The topological polar surface area (TPSA) is 59.6 Å². The molecule has 5 nitrogen and oxygen atoms in total. The van der Waals surface area contributed by atoms with Crippen LogP contribution in [0.25, 0.3) is 0 Å². The monoisotopic (exact) mass is 466 g/mol. The first-order valence-electron chi connectivity index (χ1n) is 7.47. The standard InChI is InChI=1S/C17H15BrClF3N2O3/c1-26-14-7-13(15(27-2)6-12(14)19)24-16(25)8-23-9-3-4-11(18)10(5-9)17(20,21)22/h3-7,23H,8H2,1-2H3,(H,24,25). The molecule has 1 amide bonds. The Kier molecular flexibility index (Phi) is 6.83. The van der Waals surface area contributed by atoms with Crippen molar-refractivity contribution in [3.63, 3.8) is 0 Å². The van der Waals surface area contributed by atoms with Crippen LogP contribution in [-0.4, -0.2) is 26.7 Å². The number of hydrogen-bond acceptors (Lipinski definition) is 4. The molecule has 0 heterocycles. The maximum Gasteiger partial charge on any atom is 0.417 e. The Bertz CT molecular complexity index is 847. The number of carbonyl (C=O) groups is 1. The summed E-state index contributed by atoms with van der Waals surface area (Å²) in [6.07, 6.45) is -4.51. The Hall–Kier alpha value is -2.13. The van der Waals surface area contributed by atoms with Crippen LogP contribution in [0.4, 0.5) is 24.5 Å². The van der Waals surface area contributed by atoms with Crippen LogP contribution in [0, 0.1) is 0 Å². The molecule has 0 aliphatic heterocycles. The summed E-state index contributed by atoms with van der Waals surface area (Å²) in [6, 6.07) is 6.58. The van der Waals surface area contributed by atoms with Crippen LogP contribution >= 0.6 is 27.5 Å². The second-order valence-corrected chi connectivity index (χ2v) is 6.54. The van der Waals surface area contributed by atoms with E-state index in [2.05, 4.69) is 26.6 Å². The molecule has 2 aromatic rings. The molecule has 0 saturated carbocycles. The minimum absolute atomic E-state index is 0.0806. The zero-order valence-corrected chi connectivity index (χ0v) is 16.6. The maximum absolute atomic E-state index is 12.9. The molecule has 0 unspecified atom stereocenters. The molecule has 2 N–H and O–H groups in total. The summed E-state index contributed by atoms with van der Waals surface area (Å²) in [5.74, 6) is 0.162. The number of carbonyl (C=O) groups excluding carboxylic acids is 1. The van der Waals surface area contributed by atoms with Crippen LogP contribution in [-0.2, 0) is 11.0 Å². The van der Waals surface area contributed by atoms with Gasteiger partial charge in [-0.2, -0.15) is 13.2 Å². The molecule has 0 radical (unpaired) electrons. The van der Waals surface area contributed by atoms with Gasteiger partial charge in [0.05, 0.1) is 37.0 Å². The largest absolute Gasteiger partial charge is 0.495 e. The normalized spacial score (nSPS) is 11.1. The first kappa shape index (κ1) is 21.2. The Balaban J connectivity index is 2.09. The lowest BCUT2D eigenvalue weighted by molar-refractivity contribution is -0.138. The molecule has 0 aliphatic rings. The van der Waals surface area contributed by atoms with Crippen molar-refractivity contribution in [3.8, 4) is 11.5 Å². The van der Waals surface area contributed by atoms with E-state index in [1.807, 2.05) is 0 Å². The molecule has 0 aromatic heterocycles. The van der Waals surface area contributed by atoms with Gasteiger partial charge in [-0.15, -0.1) is 0 Å². The summed E-state index contributed by atoms with van der Waals surface area (Å²) < 4.78 is 48.9. The van der Waals surface area contributed by atoms with Crippen molar-refractivity contribution >= 4 is 44.8 Å². The van der Waals surface area contributed by atoms with E-state index in [0.717, 1.165) is 6.07 Å². The maximum atomic E-state index is 12.9. The minimum Gasteiger partial charge on any atom is -0.495 e. The lowest BCUT2D eigenvalue weighted by Crippen LogP contribution is -2.22. The molecular formula is C17H15BrClF3N2O3. The van der Waals surface area contributed by atoms with Crippen molar-refractivity contribution in [1.29, 1.82) is 0 Å². The third-order valence-corrected chi connectivity index (χ3v) is 4.46. The van der Waals surface area contributed by atoms with Crippen LogP contribution < -0.4 is 20.1 Å². The van der Waals surface area contributed by atoms with Gasteiger partial charge in [0.1, 0.15) is 11.5 Å². The smallest absolute Gasteiger partial charge is 0.417 e. The van der Waals surface area contributed by atoms with Crippen molar-refractivity contribution in [2.75, 3.05) is 31.4 Å². The fourth-order valence-corrected chi connectivity index (χ4v) is 2.89. The van der Waals surface area contributed by atoms with Crippen LogP contribution in [0.15, 0.2) is 34.8 Å². The van der Waals surface area contributed by atoms with E-state index in [9.17, 15) is 18.0 Å². The number of benzene rings is 2. The summed E-state index contributed by atoms with van der Waals surface area (Å²) in [4.78, 5) is 12.2. The SMILES string of the molecule is COc1cc(NC(=O)CNc2ccc(Br)c(C(F)(F)F)c2)c(OC)cc1Cl. The summed E-state index contributed by atoms with van der Waals surface area (Å²) in [7, 11) is 2.83. The number of hydrogen-bond donors (Lipinski definition) is 2. The third-order valence-electron chi connectivity index (χ3n) is 3.47. The number of nitrogens with one attached hydrogen (secondary N) is 2. The molecule has 10 heteroatoms. The average molecular weight is 468 g/mol. The molecule has 0 spiro atoms. The van der Waals surface area contributed by atoms with Crippen LogP contribution in [0.2, 0.25) is 5.02 Å². The molecule has 0 fully saturated rings. The lowest BCUT2D eigenvalue weighted by Gasteiger charge is -2.14. The van der Waals surface area contributed by atoms with E-state index in [0.29, 0.717) is 22.2 Å². The van der Waals surface area contributed by atoms with Crippen molar-refractivity contribution in [2.24, 2.45) is 0 Å². The second-order valence-electron chi connectivity index (χ2n) is 5.28. The van der Waals surface area contributed by atoms with E-state index in [1.165, 1.54) is 38.5 Å². The molecule has 2 aromatic carbocycles. The fourth-order valence-electron chi connectivity index (χ4n) is 2.19. The number of rotatable bonds is 6. The van der Waals surface area contributed by atoms with Gasteiger partial charge in [-0.05, 0) is 18.2 Å². The molecule has 146 valence electrons. The van der Waals surface area contributed by atoms with Crippen LogP contribution in [0.1, 0.15) is 5.56 Å². The molecule has 2 rings (SSSR count). The summed E-state index contributed by atoms with van der Waals surface area (Å²) in [5.41, 5.74) is -0.365. The number of ether oxygens (including phenoxy) is 2. The highest BCUT2D eigenvalue weighted by Gasteiger charge is 2.33. The zero-order valence-electron chi connectivity index (χ0n) is 14.2. The van der Waals surface area contributed by atoms with E-state index >= 15 is 0 Å². The number of methoxy groups -OCH3 is 2. The number of amides is 1.